The van der Waals surface area contributed by atoms with Gasteiger partial charge in [-0.15, -0.1) is 0 Å². The van der Waals surface area contributed by atoms with Crippen LogP contribution in [-0.2, 0) is 0 Å². The number of β-amino-alcohol motifs (C(OH)–C–C–N with tert-alkyl or cyclic N) is 1. The second kappa shape index (κ2) is 4.81. The van der Waals surface area contributed by atoms with Gasteiger partial charge in [0.2, 0.25) is 0 Å². The number of nitrogens with zero attached hydrogens (tertiary/aromatic N) is 1. The molecule has 3 heteroatoms. The highest BCUT2D eigenvalue weighted by Crippen LogP contribution is 2.31. The summed E-state index contributed by atoms with van der Waals surface area (Å²) in [6.07, 6.45) is 4.88. The molecule has 2 fully saturated rings. The van der Waals surface area contributed by atoms with Crippen molar-refractivity contribution in [1.29, 1.82) is 0 Å². The lowest BCUT2D eigenvalue weighted by Crippen LogP contribution is -2.49. The Morgan fingerprint density at radius 3 is 2.80 bits per heavy atom. The van der Waals surface area contributed by atoms with Gasteiger partial charge in [-0.1, -0.05) is 13.3 Å². The highest BCUT2D eigenvalue weighted by molar-refractivity contribution is 4.89. The third-order valence-corrected chi connectivity index (χ3v) is 4.34. The molecule has 0 aromatic rings. The number of piperidine rings is 1. The lowest BCUT2D eigenvalue weighted by molar-refractivity contribution is 0.00304. The van der Waals surface area contributed by atoms with Gasteiger partial charge in [0.05, 0.1) is 6.10 Å². The van der Waals surface area contributed by atoms with Crippen LogP contribution in [0.1, 0.15) is 32.6 Å². The maximum absolute atomic E-state index is 9.89. The van der Waals surface area contributed by atoms with Gasteiger partial charge in [-0.2, -0.15) is 0 Å². The Labute approximate surface area is 92.6 Å². The summed E-state index contributed by atoms with van der Waals surface area (Å²) in [4.78, 5) is 2.48. The van der Waals surface area contributed by atoms with Gasteiger partial charge in [0, 0.05) is 12.6 Å². The first kappa shape index (κ1) is 11.4. The van der Waals surface area contributed by atoms with Crippen LogP contribution in [0.5, 0.6) is 0 Å². The SMILES string of the molecule is CC1CCN(C2CCCC2CN)CC1O. The molecule has 15 heavy (non-hydrogen) atoms. The third kappa shape index (κ3) is 2.35. The first-order valence-electron chi connectivity index (χ1n) is 6.34. The molecular formula is C12H24N2O. The van der Waals surface area contributed by atoms with Crippen LogP contribution in [0.25, 0.3) is 0 Å². The van der Waals surface area contributed by atoms with Crippen LogP contribution in [0.15, 0.2) is 0 Å². The molecule has 1 aliphatic carbocycles. The van der Waals surface area contributed by atoms with Crippen molar-refractivity contribution in [3.05, 3.63) is 0 Å². The van der Waals surface area contributed by atoms with Crippen LogP contribution in [0, 0.1) is 11.8 Å². The molecule has 3 N–H and O–H groups in total. The molecular weight excluding hydrogens is 188 g/mol. The molecule has 1 saturated heterocycles. The topological polar surface area (TPSA) is 49.5 Å². The molecule has 0 spiro atoms. The lowest BCUT2D eigenvalue weighted by Gasteiger charge is -2.40. The highest BCUT2D eigenvalue weighted by Gasteiger charge is 2.35. The van der Waals surface area contributed by atoms with E-state index in [4.69, 9.17) is 5.73 Å². The van der Waals surface area contributed by atoms with E-state index >= 15 is 0 Å². The normalized spacial score (nSPS) is 43.4. The maximum Gasteiger partial charge on any atom is 0.0693 e. The second-order valence-corrected chi connectivity index (χ2v) is 5.32. The summed E-state index contributed by atoms with van der Waals surface area (Å²) in [5, 5.41) is 9.89. The zero-order valence-electron chi connectivity index (χ0n) is 9.73. The van der Waals surface area contributed by atoms with Crippen molar-refractivity contribution in [3.8, 4) is 0 Å². The molecule has 2 aliphatic rings. The molecule has 1 saturated carbocycles. The summed E-state index contributed by atoms with van der Waals surface area (Å²) in [5.74, 6) is 1.14. The molecule has 88 valence electrons. The van der Waals surface area contributed by atoms with Gasteiger partial charge in [0.25, 0.3) is 0 Å². The average molecular weight is 212 g/mol. The molecule has 0 amide bonds. The van der Waals surface area contributed by atoms with E-state index in [9.17, 15) is 5.11 Å². The van der Waals surface area contributed by atoms with Crippen molar-refractivity contribution in [2.24, 2.45) is 17.6 Å². The lowest BCUT2D eigenvalue weighted by atomic mass is 9.92. The van der Waals surface area contributed by atoms with Gasteiger partial charge in [0.15, 0.2) is 0 Å². The summed E-state index contributed by atoms with van der Waals surface area (Å²) >= 11 is 0. The van der Waals surface area contributed by atoms with E-state index in [-0.39, 0.29) is 6.10 Å². The quantitative estimate of drug-likeness (QED) is 0.712. The van der Waals surface area contributed by atoms with E-state index in [1.165, 1.54) is 19.3 Å². The first-order chi connectivity index (χ1) is 7.22. The van der Waals surface area contributed by atoms with Gasteiger partial charge in [-0.25, -0.2) is 0 Å². The van der Waals surface area contributed by atoms with Crippen LogP contribution in [0.4, 0.5) is 0 Å². The fraction of sp³-hybridized carbons (Fsp3) is 1.00. The largest absolute Gasteiger partial charge is 0.392 e. The molecule has 0 bridgehead atoms. The maximum atomic E-state index is 9.89. The Morgan fingerprint density at radius 2 is 2.13 bits per heavy atom. The molecule has 2 rings (SSSR count). The summed E-state index contributed by atoms with van der Waals surface area (Å²) in [6.45, 7) is 4.98. The fourth-order valence-corrected chi connectivity index (χ4v) is 3.15. The second-order valence-electron chi connectivity index (χ2n) is 5.32. The first-order valence-corrected chi connectivity index (χ1v) is 6.34. The minimum Gasteiger partial charge on any atom is -0.392 e. The Kier molecular flexibility index (Phi) is 3.65. The molecule has 0 aromatic heterocycles. The number of hydrogen-bond acceptors (Lipinski definition) is 3. The predicted molar refractivity (Wildman–Crippen MR) is 61.5 cm³/mol. The molecule has 1 aliphatic heterocycles. The summed E-state index contributed by atoms with van der Waals surface area (Å²) in [5.41, 5.74) is 5.80. The van der Waals surface area contributed by atoms with Gasteiger partial charge >= 0.3 is 0 Å². The van der Waals surface area contributed by atoms with Crippen molar-refractivity contribution >= 4 is 0 Å². The van der Waals surface area contributed by atoms with Crippen LogP contribution in [-0.4, -0.2) is 41.8 Å². The van der Waals surface area contributed by atoms with Crippen molar-refractivity contribution in [1.82, 2.24) is 4.90 Å². The van der Waals surface area contributed by atoms with E-state index < -0.39 is 0 Å². The molecule has 4 unspecified atom stereocenters. The zero-order chi connectivity index (χ0) is 10.8. The van der Waals surface area contributed by atoms with E-state index in [2.05, 4.69) is 11.8 Å². The number of aliphatic hydroxyl groups excluding tert-OH is 1. The predicted octanol–water partition coefficient (Wildman–Crippen LogP) is 0.816. The summed E-state index contributed by atoms with van der Waals surface area (Å²) < 4.78 is 0. The third-order valence-electron chi connectivity index (χ3n) is 4.34. The molecule has 0 radical (unpaired) electrons. The fourth-order valence-electron chi connectivity index (χ4n) is 3.15. The van der Waals surface area contributed by atoms with Gasteiger partial charge in [-0.3, -0.25) is 4.90 Å². The number of hydrogen-bond donors (Lipinski definition) is 2. The van der Waals surface area contributed by atoms with Gasteiger partial charge < -0.3 is 10.8 Å². The zero-order valence-corrected chi connectivity index (χ0v) is 9.73. The monoisotopic (exact) mass is 212 g/mol. The molecule has 0 aromatic carbocycles. The van der Waals surface area contributed by atoms with Crippen LogP contribution >= 0.6 is 0 Å². The van der Waals surface area contributed by atoms with Crippen molar-refractivity contribution in [2.45, 2.75) is 44.8 Å². The minimum atomic E-state index is -0.127. The molecule has 1 heterocycles. The Hall–Kier alpha value is -0.120. The smallest absolute Gasteiger partial charge is 0.0693 e. The van der Waals surface area contributed by atoms with Crippen LogP contribution in [0.2, 0.25) is 0 Å². The van der Waals surface area contributed by atoms with E-state index in [1.54, 1.807) is 0 Å². The van der Waals surface area contributed by atoms with Gasteiger partial charge in [-0.05, 0) is 44.2 Å². The number of nitrogens with two attached hydrogens (primary N) is 1. The summed E-state index contributed by atoms with van der Waals surface area (Å²) in [6, 6.07) is 0.650. The standard InChI is InChI=1S/C12H24N2O/c1-9-5-6-14(8-12(9)15)11-4-2-3-10(11)7-13/h9-12,15H,2-8,13H2,1H3. The van der Waals surface area contributed by atoms with Crippen molar-refractivity contribution in [2.75, 3.05) is 19.6 Å². The van der Waals surface area contributed by atoms with Gasteiger partial charge in [0.1, 0.15) is 0 Å². The van der Waals surface area contributed by atoms with E-state index in [0.29, 0.717) is 17.9 Å². The minimum absolute atomic E-state index is 0.127. The Balaban J connectivity index is 1.93. The number of likely N-dealkylation sites (tertiary alicyclic amines) is 1. The van der Waals surface area contributed by atoms with Crippen molar-refractivity contribution < 1.29 is 5.11 Å². The van der Waals surface area contributed by atoms with Crippen molar-refractivity contribution in [3.63, 3.8) is 0 Å². The number of rotatable bonds is 2. The average Bonchev–Trinajstić information content (AvgIpc) is 2.70. The van der Waals surface area contributed by atoms with Crippen LogP contribution < -0.4 is 5.73 Å². The van der Waals surface area contributed by atoms with E-state index in [1.807, 2.05) is 0 Å². The molecule has 4 atom stereocenters. The molecule has 3 nitrogen and oxygen atoms in total. The summed E-state index contributed by atoms with van der Waals surface area (Å²) in [7, 11) is 0. The van der Waals surface area contributed by atoms with E-state index in [0.717, 1.165) is 26.1 Å². The Morgan fingerprint density at radius 1 is 1.33 bits per heavy atom. The number of aliphatic hydroxyl groups is 1. The van der Waals surface area contributed by atoms with Crippen LogP contribution in [0.3, 0.4) is 0 Å². The highest BCUT2D eigenvalue weighted by atomic mass is 16.3. The Bertz CT molecular complexity index is 210.